The van der Waals surface area contributed by atoms with Crippen LogP contribution in [0.2, 0.25) is 49.4 Å². The molecule has 2 atom stereocenters. The fraction of sp³-hybridized carbons (Fsp3) is 0.889. The highest BCUT2D eigenvalue weighted by Crippen LogP contribution is 2.43. The first kappa shape index (κ1) is 21.8. The smallest absolute Gasteiger partial charge is 0.0502 e. The van der Waals surface area contributed by atoms with Gasteiger partial charge in [0.15, 0.2) is 0 Å². The number of nitrogens with zero attached hydrogens (tertiary/aromatic N) is 2. The Morgan fingerprint density at radius 1 is 0.727 bits per heavy atom. The zero-order chi connectivity index (χ0) is 17.2. The predicted molar refractivity (Wildman–Crippen MR) is 111 cm³/mol. The molecule has 4 heteroatoms. The molecule has 2 unspecified atom stereocenters. The van der Waals surface area contributed by atoms with E-state index in [2.05, 4.69) is 50.0 Å². The van der Waals surface area contributed by atoms with Gasteiger partial charge in [0.1, 0.15) is 0 Å². The fourth-order valence-corrected chi connectivity index (χ4v) is 11.8. The highest BCUT2D eigenvalue weighted by atomic mass is 28.3. The van der Waals surface area contributed by atoms with Crippen LogP contribution >= 0.6 is 0 Å². The first-order valence-electron chi connectivity index (χ1n) is 9.08. The van der Waals surface area contributed by atoms with Crippen LogP contribution in [0.5, 0.6) is 0 Å². The maximum Gasteiger partial charge on any atom is 0.0502 e. The Labute approximate surface area is 141 Å². The first-order chi connectivity index (χ1) is 10.2. The molecule has 130 valence electrons. The lowest BCUT2D eigenvalue weighted by molar-refractivity contribution is 0.768. The van der Waals surface area contributed by atoms with Gasteiger partial charge in [-0.2, -0.15) is 0 Å². The second kappa shape index (κ2) is 10.5. The quantitative estimate of drug-likeness (QED) is 0.245. The molecular formula is C18H40N2Si2. The van der Waals surface area contributed by atoms with E-state index < -0.39 is 16.1 Å². The fourth-order valence-electron chi connectivity index (χ4n) is 3.32. The minimum Gasteiger partial charge on any atom is -0.298 e. The molecule has 0 N–H and O–H groups in total. The van der Waals surface area contributed by atoms with E-state index >= 15 is 0 Å². The van der Waals surface area contributed by atoms with Gasteiger partial charge in [0, 0.05) is 13.1 Å². The summed E-state index contributed by atoms with van der Waals surface area (Å²) in [6.07, 6.45) is 6.42. The van der Waals surface area contributed by atoms with Crippen molar-refractivity contribution in [2.45, 2.75) is 89.9 Å². The van der Waals surface area contributed by atoms with E-state index in [0.29, 0.717) is 0 Å². The van der Waals surface area contributed by atoms with Gasteiger partial charge in [0.25, 0.3) is 0 Å². The van der Waals surface area contributed by atoms with Crippen molar-refractivity contribution in [2.24, 2.45) is 9.98 Å². The third kappa shape index (κ3) is 7.86. The molecular weight excluding hydrogens is 300 g/mol. The van der Waals surface area contributed by atoms with Crippen LogP contribution in [0.15, 0.2) is 9.98 Å². The average Bonchev–Trinajstić information content (AvgIpc) is 2.46. The molecule has 0 saturated carbocycles. The first-order valence-corrected chi connectivity index (χ1v) is 15.6. The Morgan fingerprint density at radius 3 is 1.32 bits per heavy atom. The molecule has 0 heterocycles. The molecule has 0 aliphatic rings. The number of aliphatic imine (C=N–C) groups is 2. The van der Waals surface area contributed by atoms with Crippen LogP contribution in [-0.4, -0.2) is 41.7 Å². The van der Waals surface area contributed by atoms with Gasteiger partial charge in [-0.3, -0.25) is 9.98 Å². The zero-order valence-corrected chi connectivity index (χ0v) is 18.4. The monoisotopic (exact) mass is 340 g/mol. The van der Waals surface area contributed by atoms with E-state index in [-0.39, 0.29) is 0 Å². The van der Waals surface area contributed by atoms with E-state index in [1.54, 1.807) is 0 Å². The van der Waals surface area contributed by atoms with Crippen molar-refractivity contribution in [3.63, 3.8) is 0 Å². The molecule has 0 rings (SSSR count). The second-order valence-corrected chi connectivity index (χ2v) is 18.9. The van der Waals surface area contributed by atoms with Crippen molar-refractivity contribution in [2.75, 3.05) is 13.1 Å². The van der Waals surface area contributed by atoms with Crippen LogP contribution in [0.25, 0.3) is 0 Å². The third-order valence-electron chi connectivity index (χ3n) is 5.80. The molecule has 0 amide bonds. The number of hydrogen-bond acceptors (Lipinski definition) is 2. The normalized spacial score (nSPS) is 16.5. The molecule has 0 aromatic rings. The summed E-state index contributed by atoms with van der Waals surface area (Å²) in [7, 11) is -2.31. The lowest BCUT2D eigenvalue weighted by Crippen LogP contribution is -2.41. The minimum atomic E-state index is -1.15. The molecule has 22 heavy (non-hydrogen) atoms. The second-order valence-electron chi connectivity index (χ2n) is 8.09. The molecule has 0 aliphatic heterocycles. The van der Waals surface area contributed by atoms with Crippen molar-refractivity contribution in [3.8, 4) is 0 Å². The molecule has 0 aromatic heterocycles. The average molecular weight is 341 g/mol. The summed E-state index contributed by atoms with van der Waals surface area (Å²) in [6, 6.07) is 2.83. The lowest BCUT2D eigenvalue weighted by atomic mass is 10.3. The topological polar surface area (TPSA) is 24.7 Å². The van der Waals surface area contributed by atoms with Gasteiger partial charge in [-0.25, -0.2) is 0 Å². The maximum absolute atomic E-state index is 4.38. The SMILES string of the molecule is CC=NCCC[Si](C)(C)C(C)C(C)[Si](C)(C)CCC/N=C/C. The van der Waals surface area contributed by atoms with Crippen LogP contribution in [0.1, 0.15) is 40.5 Å². The zero-order valence-electron chi connectivity index (χ0n) is 16.4. The summed E-state index contributed by atoms with van der Waals surface area (Å²) in [5, 5.41) is 0. The lowest BCUT2D eigenvalue weighted by Gasteiger charge is -2.41. The summed E-state index contributed by atoms with van der Waals surface area (Å²) in [4.78, 5) is 8.76. The van der Waals surface area contributed by atoms with Crippen molar-refractivity contribution in [1.29, 1.82) is 0 Å². The van der Waals surface area contributed by atoms with Crippen LogP contribution in [0.3, 0.4) is 0 Å². The standard InChI is InChI=1S/C18H40N2Si2/c1-9-19-13-11-15-21(5,6)17(3)18(4)22(7,8)16-12-14-20-10-2/h9-10,17-18H,11-16H2,1-8H3/b19-9+,20-10?. The molecule has 0 fully saturated rings. The Morgan fingerprint density at radius 2 is 1.05 bits per heavy atom. The molecule has 0 radical (unpaired) electrons. The Kier molecular flexibility index (Phi) is 10.4. The van der Waals surface area contributed by atoms with Crippen molar-refractivity contribution in [1.82, 2.24) is 0 Å². The van der Waals surface area contributed by atoms with Crippen LogP contribution < -0.4 is 0 Å². The van der Waals surface area contributed by atoms with Crippen LogP contribution in [0, 0.1) is 0 Å². The molecule has 0 bridgehead atoms. The molecule has 0 saturated heterocycles. The van der Waals surface area contributed by atoms with Gasteiger partial charge in [0.2, 0.25) is 0 Å². The third-order valence-corrected chi connectivity index (χ3v) is 15.3. The summed E-state index contributed by atoms with van der Waals surface area (Å²) < 4.78 is 0. The number of rotatable bonds is 11. The van der Waals surface area contributed by atoms with Crippen LogP contribution in [0.4, 0.5) is 0 Å². The Hall–Kier alpha value is -0.226. The Balaban J connectivity index is 4.54. The van der Waals surface area contributed by atoms with Crippen molar-refractivity contribution >= 4 is 28.6 Å². The van der Waals surface area contributed by atoms with Crippen molar-refractivity contribution in [3.05, 3.63) is 0 Å². The predicted octanol–water partition coefficient (Wildman–Crippen LogP) is 6.15. The van der Waals surface area contributed by atoms with Gasteiger partial charge in [-0.1, -0.05) is 52.1 Å². The molecule has 0 aliphatic carbocycles. The number of hydrogen-bond donors (Lipinski definition) is 0. The highest BCUT2D eigenvalue weighted by molar-refractivity contribution is 6.84. The summed E-state index contributed by atoms with van der Waals surface area (Å²) >= 11 is 0. The van der Waals surface area contributed by atoms with E-state index in [1.165, 1.54) is 24.9 Å². The van der Waals surface area contributed by atoms with Gasteiger partial charge < -0.3 is 0 Å². The van der Waals surface area contributed by atoms with E-state index in [1.807, 2.05) is 26.3 Å². The highest BCUT2D eigenvalue weighted by Gasteiger charge is 2.39. The summed E-state index contributed by atoms with van der Waals surface area (Å²) in [5.74, 6) is 0. The molecule has 2 nitrogen and oxygen atoms in total. The molecule has 0 spiro atoms. The van der Waals surface area contributed by atoms with Crippen molar-refractivity contribution < 1.29 is 0 Å². The van der Waals surface area contributed by atoms with Crippen LogP contribution in [-0.2, 0) is 0 Å². The van der Waals surface area contributed by atoms with E-state index in [0.717, 1.165) is 24.2 Å². The van der Waals surface area contributed by atoms with Gasteiger partial charge >= 0.3 is 0 Å². The summed E-state index contributed by atoms with van der Waals surface area (Å²) in [6.45, 7) is 21.5. The Bertz CT molecular complexity index is 315. The summed E-state index contributed by atoms with van der Waals surface area (Å²) in [5.41, 5.74) is 1.82. The van der Waals surface area contributed by atoms with Gasteiger partial charge in [-0.15, -0.1) is 0 Å². The van der Waals surface area contributed by atoms with Gasteiger partial charge in [0.05, 0.1) is 16.1 Å². The van der Waals surface area contributed by atoms with E-state index in [4.69, 9.17) is 0 Å². The maximum atomic E-state index is 4.38. The molecule has 0 aromatic carbocycles. The minimum absolute atomic E-state index is 0.912. The van der Waals surface area contributed by atoms with Gasteiger partial charge in [-0.05, 0) is 50.2 Å². The largest absolute Gasteiger partial charge is 0.298 e. The van der Waals surface area contributed by atoms with E-state index in [9.17, 15) is 0 Å².